The minimum absolute atomic E-state index is 0.309. The van der Waals surface area contributed by atoms with Gasteiger partial charge in [0.2, 0.25) is 0 Å². The van der Waals surface area contributed by atoms with Gasteiger partial charge in [-0.15, -0.1) is 18.3 Å². The Hall–Kier alpha value is -3.16. The molecular formula is C17H12F3N3O2. The molecule has 0 spiro atoms. The largest absolute Gasteiger partial charge is 0.573 e. The summed E-state index contributed by atoms with van der Waals surface area (Å²) < 4.78 is 41.8. The van der Waals surface area contributed by atoms with E-state index < -0.39 is 6.36 Å². The van der Waals surface area contributed by atoms with Crippen molar-refractivity contribution >= 4 is 6.29 Å². The van der Waals surface area contributed by atoms with Crippen LogP contribution in [0.5, 0.6) is 5.75 Å². The normalized spacial score (nSPS) is 11.4. The van der Waals surface area contributed by atoms with Crippen molar-refractivity contribution in [1.82, 2.24) is 14.8 Å². The van der Waals surface area contributed by atoms with E-state index in [-0.39, 0.29) is 5.75 Å². The molecule has 5 nitrogen and oxygen atoms in total. The van der Waals surface area contributed by atoms with Crippen molar-refractivity contribution in [3.63, 3.8) is 0 Å². The molecule has 0 bridgehead atoms. The zero-order valence-corrected chi connectivity index (χ0v) is 13.0. The van der Waals surface area contributed by atoms with Gasteiger partial charge in [-0.1, -0.05) is 12.1 Å². The van der Waals surface area contributed by atoms with Crippen molar-refractivity contribution in [1.29, 1.82) is 0 Å². The highest BCUT2D eigenvalue weighted by Gasteiger charge is 2.30. The fraction of sp³-hybridized carbons (Fsp3) is 0.118. The van der Waals surface area contributed by atoms with E-state index in [1.807, 2.05) is 6.92 Å². The van der Waals surface area contributed by atoms with Gasteiger partial charge in [0, 0.05) is 11.1 Å². The lowest BCUT2D eigenvalue weighted by Gasteiger charge is -2.09. The molecular weight excluding hydrogens is 335 g/mol. The SMILES string of the molecule is Cc1cc(-c2ncn(-c3ccc(OC(F)(F)F)cc3)n2)ccc1C=O. The predicted octanol–water partition coefficient (Wildman–Crippen LogP) is 3.95. The second-order valence-corrected chi connectivity index (χ2v) is 5.24. The number of ether oxygens (including phenoxy) is 1. The smallest absolute Gasteiger partial charge is 0.406 e. The number of aromatic nitrogens is 3. The molecule has 1 aromatic heterocycles. The minimum atomic E-state index is -4.73. The molecule has 1 heterocycles. The summed E-state index contributed by atoms with van der Waals surface area (Å²) >= 11 is 0. The third-order valence-electron chi connectivity index (χ3n) is 3.48. The molecule has 3 rings (SSSR count). The first-order valence-electron chi connectivity index (χ1n) is 7.20. The molecule has 0 radical (unpaired) electrons. The van der Waals surface area contributed by atoms with Crippen LogP contribution < -0.4 is 4.74 Å². The van der Waals surface area contributed by atoms with Gasteiger partial charge in [-0.25, -0.2) is 9.67 Å². The third-order valence-corrected chi connectivity index (χ3v) is 3.48. The lowest BCUT2D eigenvalue weighted by Crippen LogP contribution is -2.17. The number of carbonyl (C=O) groups is 1. The van der Waals surface area contributed by atoms with E-state index in [9.17, 15) is 18.0 Å². The van der Waals surface area contributed by atoms with Crippen LogP contribution in [0.1, 0.15) is 15.9 Å². The van der Waals surface area contributed by atoms with Crippen molar-refractivity contribution in [2.24, 2.45) is 0 Å². The average Bonchev–Trinajstić information content (AvgIpc) is 3.04. The standard InChI is InChI=1S/C17H12F3N3O2/c1-11-8-12(2-3-13(11)9-24)16-21-10-23(22-16)14-4-6-15(7-5-14)25-17(18,19)20/h2-10H,1H3. The van der Waals surface area contributed by atoms with Crippen molar-refractivity contribution in [2.45, 2.75) is 13.3 Å². The number of hydrogen-bond acceptors (Lipinski definition) is 4. The summed E-state index contributed by atoms with van der Waals surface area (Å²) in [7, 11) is 0. The van der Waals surface area contributed by atoms with Gasteiger partial charge in [0.15, 0.2) is 5.82 Å². The van der Waals surface area contributed by atoms with Crippen LogP contribution in [0.15, 0.2) is 48.8 Å². The van der Waals surface area contributed by atoms with E-state index in [0.717, 1.165) is 17.4 Å². The summed E-state index contributed by atoms with van der Waals surface area (Å²) in [6.45, 7) is 1.81. The summed E-state index contributed by atoms with van der Waals surface area (Å²) in [5.41, 5.74) is 2.66. The van der Waals surface area contributed by atoms with Gasteiger partial charge in [-0.05, 0) is 42.8 Å². The molecule has 3 aromatic rings. The van der Waals surface area contributed by atoms with Crippen molar-refractivity contribution in [2.75, 3.05) is 0 Å². The third kappa shape index (κ3) is 3.85. The number of nitrogens with zero attached hydrogens (tertiary/aromatic N) is 3. The van der Waals surface area contributed by atoms with Crippen LogP contribution in [0.3, 0.4) is 0 Å². The van der Waals surface area contributed by atoms with Gasteiger partial charge in [0.1, 0.15) is 18.4 Å². The van der Waals surface area contributed by atoms with Crippen molar-refractivity contribution < 1.29 is 22.7 Å². The maximum absolute atomic E-state index is 12.2. The Morgan fingerprint density at radius 2 is 1.84 bits per heavy atom. The molecule has 0 unspecified atom stereocenters. The van der Waals surface area contributed by atoms with E-state index in [1.165, 1.54) is 35.3 Å². The van der Waals surface area contributed by atoms with E-state index in [1.54, 1.807) is 18.2 Å². The number of halogens is 3. The van der Waals surface area contributed by atoms with Gasteiger partial charge in [-0.3, -0.25) is 4.79 Å². The number of benzene rings is 2. The van der Waals surface area contributed by atoms with Gasteiger partial charge < -0.3 is 4.74 Å². The van der Waals surface area contributed by atoms with Gasteiger partial charge in [0.05, 0.1) is 5.69 Å². The Morgan fingerprint density at radius 1 is 1.12 bits per heavy atom. The van der Waals surface area contributed by atoms with Crippen molar-refractivity contribution in [3.8, 4) is 22.8 Å². The average molecular weight is 347 g/mol. The molecule has 0 aliphatic heterocycles. The molecule has 0 amide bonds. The molecule has 0 saturated carbocycles. The van der Waals surface area contributed by atoms with Gasteiger partial charge in [0.25, 0.3) is 0 Å². The van der Waals surface area contributed by atoms with Crippen LogP contribution in [0, 0.1) is 6.92 Å². The van der Waals surface area contributed by atoms with Crippen LogP contribution in [-0.2, 0) is 0 Å². The Morgan fingerprint density at radius 3 is 2.44 bits per heavy atom. The second-order valence-electron chi connectivity index (χ2n) is 5.24. The molecule has 0 fully saturated rings. The number of aryl methyl sites for hydroxylation is 1. The monoisotopic (exact) mass is 347 g/mol. The zero-order valence-electron chi connectivity index (χ0n) is 13.0. The Kier molecular flexibility index (Phi) is 4.26. The van der Waals surface area contributed by atoms with Crippen LogP contribution >= 0.6 is 0 Å². The number of hydrogen-bond donors (Lipinski definition) is 0. The zero-order chi connectivity index (χ0) is 18.0. The summed E-state index contributed by atoms with van der Waals surface area (Å²) in [4.78, 5) is 15.1. The Balaban J connectivity index is 1.84. The van der Waals surface area contributed by atoms with Gasteiger partial charge >= 0.3 is 6.36 Å². The molecule has 0 atom stereocenters. The summed E-state index contributed by atoms with van der Waals surface area (Å²) in [6.07, 6.45) is -2.50. The number of aldehydes is 1. The van der Waals surface area contributed by atoms with Gasteiger partial charge in [-0.2, -0.15) is 0 Å². The summed E-state index contributed by atoms with van der Waals surface area (Å²) in [5, 5.41) is 4.31. The maximum Gasteiger partial charge on any atom is 0.573 e. The molecule has 0 N–H and O–H groups in total. The Bertz CT molecular complexity index is 902. The van der Waals surface area contributed by atoms with Crippen LogP contribution in [0.2, 0.25) is 0 Å². The minimum Gasteiger partial charge on any atom is -0.406 e. The first-order chi connectivity index (χ1) is 11.9. The first-order valence-corrected chi connectivity index (χ1v) is 7.20. The highest BCUT2D eigenvalue weighted by atomic mass is 19.4. The van der Waals surface area contributed by atoms with E-state index in [0.29, 0.717) is 17.1 Å². The lowest BCUT2D eigenvalue weighted by molar-refractivity contribution is -0.274. The van der Waals surface area contributed by atoms with E-state index >= 15 is 0 Å². The van der Waals surface area contributed by atoms with Crippen LogP contribution in [-0.4, -0.2) is 27.4 Å². The van der Waals surface area contributed by atoms with Crippen LogP contribution in [0.4, 0.5) is 13.2 Å². The first kappa shape index (κ1) is 16.7. The number of rotatable bonds is 4. The molecule has 0 saturated heterocycles. The van der Waals surface area contributed by atoms with Crippen LogP contribution in [0.25, 0.3) is 17.1 Å². The van der Waals surface area contributed by atoms with E-state index in [2.05, 4.69) is 14.8 Å². The van der Waals surface area contributed by atoms with Crippen molar-refractivity contribution in [3.05, 3.63) is 59.9 Å². The highest BCUT2D eigenvalue weighted by Crippen LogP contribution is 2.24. The molecule has 2 aromatic carbocycles. The lowest BCUT2D eigenvalue weighted by atomic mass is 10.1. The fourth-order valence-corrected chi connectivity index (χ4v) is 2.27. The summed E-state index contributed by atoms with van der Waals surface area (Å²) in [6, 6.07) is 10.5. The number of alkyl halides is 3. The van der Waals surface area contributed by atoms with E-state index in [4.69, 9.17) is 0 Å². The second kappa shape index (κ2) is 6.39. The maximum atomic E-state index is 12.2. The topological polar surface area (TPSA) is 57.0 Å². The number of carbonyl (C=O) groups excluding carboxylic acids is 1. The summed E-state index contributed by atoms with van der Waals surface area (Å²) in [5.74, 6) is 0.132. The molecule has 25 heavy (non-hydrogen) atoms. The quantitative estimate of drug-likeness (QED) is 0.671. The molecule has 8 heteroatoms. The predicted molar refractivity (Wildman–Crippen MR) is 83.6 cm³/mol. The molecule has 0 aliphatic rings. The Labute approximate surface area is 140 Å². The molecule has 0 aliphatic carbocycles. The molecule has 128 valence electrons. The highest BCUT2D eigenvalue weighted by molar-refractivity contribution is 5.78. The fourth-order valence-electron chi connectivity index (χ4n) is 2.27.